The molecule has 14 rings (SSSR count). The Bertz CT molecular complexity index is 4210. The number of hydrogen-bond donors (Lipinski definition) is 0. The zero-order valence-corrected chi connectivity index (χ0v) is 40.7. The summed E-state index contributed by atoms with van der Waals surface area (Å²) in [7, 11) is 0. The molecule has 14 aromatic carbocycles. The predicted octanol–water partition coefficient (Wildman–Crippen LogP) is 20.8. The van der Waals surface area contributed by atoms with Crippen molar-refractivity contribution in [2.45, 2.75) is 0 Å². The van der Waals surface area contributed by atoms with Gasteiger partial charge in [-0.1, -0.05) is 218 Å². The fourth-order valence-electron chi connectivity index (χ4n) is 11.2. The first-order valence-corrected chi connectivity index (χ1v) is 25.6. The van der Waals surface area contributed by atoms with Crippen LogP contribution in [0.2, 0.25) is 0 Å². The van der Waals surface area contributed by atoms with E-state index in [-0.39, 0.29) is 0 Å². The Hall–Kier alpha value is -9.62. The van der Waals surface area contributed by atoms with Gasteiger partial charge < -0.3 is 0 Å². The maximum absolute atomic E-state index is 2.44. The van der Waals surface area contributed by atoms with E-state index in [1.165, 1.54) is 143 Å². The molecule has 0 amide bonds. The van der Waals surface area contributed by atoms with Crippen molar-refractivity contribution in [2.24, 2.45) is 0 Å². The summed E-state index contributed by atoms with van der Waals surface area (Å²) in [5.74, 6) is 0. The lowest BCUT2D eigenvalue weighted by Crippen LogP contribution is -1.92. The standard InChI is InChI=1S/C74H48/c1-5-17-53-37-63(33-29-49(53)13-1)57-21-9-25-61(41-57)69-45-71(67-27-11-23-59(43-67)65-35-31-51-15-3-7-19-55(51)39-65)74-48-70(62-26-10-22-58(42-62)64-34-30-50-14-2-6-18-54(50)38-64)46-72(73(74)47-69)68-28-12-24-60(44-68)66-36-32-52-16-4-8-20-56(52)40-66/h1-48H. The first-order chi connectivity index (χ1) is 36.6. The first kappa shape index (κ1) is 43.2. The number of fused-ring (bicyclic) bond motifs is 5. The molecule has 0 aromatic heterocycles. The van der Waals surface area contributed by atoms with Crippen molar-refractivity contribution >= 4 is 53.9 Å². The minimum absolute atomic E-state index is 1.17. The molecule has 0 spiro atoms. The lowest BCUT2D eigenvalue weighted by molar-refractivity contribution is 1.57. The Kier molecular flexibility index (Phi) is 10.6. The van der Waals surface area contributed by atoms with Crippen LogP contribution in [-0.2, 0) is 0 Å². The SMILES string of the molecule is c1cc(-c2ccc3ccccc3c2)cc(-c2cc(-c3cccc(-c4ccc5ccccc5c4)c3)c3cc(-c4cccc(-c5ccc6ccccc6c5)c4)cc(-c4cccc(-c5ccc6ccccc6c5)c4)c3c2)c1. The third kappa shape index (κ3) is 8.10. The molecule has 74 heavy (non-hydrogen) atoms. The van der Waals surface area contributed by atoms with Crippen molar-refractivity contribution in [1.29, 1.82) is 0 Å². The van der Waals surface area contributed by atoms with Gasteiger partial charge in [0, 0.05) is 0 Å². The molecule has 14 aromatic rings. The third-order valence-electron chi connectivity index (χ3n) is 15.1. The van der Waals surface area contributed by atoms with E-state index < -0.39 is 0 Å². The van der Waals surface area contributed by atoms with Crippen molar-refractivity contribution < 1.29 is 0 Å². The molecule has 0 N–H and O–H groups in total. The van der Waals surface area contributed by atoms with Gasteiger partial charge in [0.1, 0.15) is 0 Å². The highest BCUT2D eigenvalue weighted by Crippen LogP contribution is 2.44. The monoisotopic (exact) mass is 936 g/mol. The van der Waals surface area contributed by atoms with E-state index in [9.17, 15) is 0 Å². The molecule has 0 atom stereocenters. The van der Waals surface area contributed by atoms with Crippen LogP contribution in [0.4, 0.5) is 0 Å². The van der Waals surface area contributed by atoms with Gasteiger partial charge >= 0.3 is 0 Å². The predicted molar refractivity (Wildman–Crippen MR) is 317 cm³/mol. The van der Waals surface area contributed by atoms with Crippen LogP contribution in [0.3, 0.4) is 0 Å². The highest BCUT2D eigenvalue weighted by molar-refractivity contribution is 6.10. The van der Waals surface area contributed by atoms with E-state index in [1.807, 2.05) is 0 Å². The number of hydrogen-bond acceptors (Lipinski definition) is 0. The summed E-state index contributed by atoms with van der Waals surface area (Å²) in [6.45, 7) is 0. The van der Waals surface area contributed by atoms with Crippen molar-refractivity contribution in [2.75, 3.05) is 0 Å². The van der Waals surface area contributed by atoms with Gasteiger partial charge in [0.15, 0.2) is 0 Å². The Labute approximate surface area is 431 Å². The Morgan fingerprint density at radius 1 is 0.122 bits per heavy atom. The van der Waals surface area contributed by atoms with E-state index in [2.05, 4.69) is 291 Å². The lowest BCUT2D eigenvalue weighted by Gasteiger charge is -2.19. The fourth-order valence-corrected chi connectivity index (χ4v) is 11.2. The molecule has 0 aliphatic carbocycles. The van der Waals surface area contributed by atoms with E-state index in [0.29, 0.717) is 0 Å². The molecule has 0 heterocycles. The van der Waals surface area contributed by atoms with E-state index in [0.717, 1.165) is 0 Å². The second kappa shape index (κ2) is 18.2. The Morgan fingerprint density at radius 3 is 0.649 bits per heavy atom. The number of rotatable bonds is 8. The van der Waals surface area contributed by atoms with Crippen LogP contribution >= 0.6 is 0 Å². The Morgan fingerprint density at radius 2 is 0.351 bits per heavy atom. The minimum atomic E-state index is 1.17. The van der Waals surface area contributed by atoms with Gasteiger partial charge in [0.05, 0.1) is 0 Å². The van der Waals surface area contributed by atoms with Crippen LogP contribution in [0, 0.1) is 0 Å². The highest BCUT2D eigenvalue weighted by atomic mass is 14.2. The van der Waals surface area contributed by atoms with Crippen LogP contribution < -0.4 is 0 Å². The van der Waals surface area contributed by atoms with Gasteiger partial charge in [0.2, 0.25) is 0 Å². The van der Waals surface area contributed by atoms with Gasteiger partial charge in [-0.05, 0) is 216 Å². The summed E-state index contributed by atoms with van der Waals surface area (Å²) >= 11 is 0. The summed E-state index contributed by atoms with van der Waals surface area (Å²) in [6, 6.07) is 108. The van der Waals surface area contributed by atoms with Gasteiger partial charge in [-0.25, -0.2) is 0 Å². The normalized spacial score (nSPS) is 11.5. The molecule has 0 radical (unpaired) electrons. The molecule has 0 bridgehead atoms. The van der Waals surface area contributed by atoms with Gasteiger partial charge in [-0.2, -0.15) is 0 Å². The minimum Gasteiger partial charge on any atom is -0.0616 e. The Balaban J connectivity index is 1.01. The molecular weight excluding hydrogens is 889 g/mol. The van der Waals surface area contributed by atoms with E-state index in [4.69, 9.17) is 0 Å². The molecule has 0 aliphatic heterocycles. The molecule has 0 aliphatic rings. The third-order valence-corrected chi connectivity index (χ3v) is 15.1. The van der Waals surface area contributed by atoms with Gasteiger partial charge in [-0.3, -0.25) is 0 Å². The summed E-state index contributed by atoms with van der Waals surface area (Å²) < 4.78 is 0. The molecule has 0 fully saturated rings. The fraction of sp³-hybridized carbons (Fsp3) is 0. The maximum Gasteiger partial charge on any atom is -0.00926 e. The first-order valence-electron chi connectivity index (χ1n) is 25.6. The molecular formula is C74H48. The van der Waals surface area contributed by atoms with E-state index in [1.54, 1.807) is 0 Å². The van der Waals surface area contributed by atoms with Gasteiger partial charge in [0.25, 0.3) is 0 Å². The van der Waals surface area contributed by atoms with Crippen LogP contribution in [-0.4, -0.2) is 0 Å². The van der Waals surface area contributed by atoms with Crippen molar-refractivity contribution in [3.05, 3.63) is 291 Å². The quantitative estimate of drug-likeness (QED) is 0.142. The summed E-state index contributed by atoms with van der Waals surface area (Å²) in [4.78, 5) is 0. The molecule has 0 nitrogen and oxygen atoms in total. The van der Waals surface area contributed by atoms with Crippen LogP contribution in [0.5, 0.6) is 0 Å². The van der Waals surface area contributed by atoms with Crippen molar-refractivity contribution in [3.8, 4) is 89.0 Å². The van der Waals surface area contributed by atoms with Crippen LogP contribution in [0.1, 0.15) is 0 Å². The molecule has 0 saturated carbocycles. The lowest BCUT2D eigenvalue weighted by atomic mass is 9.85. The van der Waals surface area contributed by atoms with Gasteiger partial charge in [-0.15, -0.1) is 0 Å². The van der Waals surface area contributed by atoms with Crippen LogP contribution in [0.25, 0.3) is 143 Å². The summed E-state index contributed by atoms with van der Waals surface area (Å²) in [5, 5.41) is 12.3. The maximum atomic E-state index is 2.44. The highest BCUT2D eigenvalue weighted by Gasteiger charge is 2.18. The smallest absolute Gasteiger partial charge is 0.00926 e. The topological polar surface area (TPSA) is 0 Å². The average Bonchev–Trinajstić information content (AvgIpc) is 3.48. The summed E-state index contributed by atoms with van der Waals surface area (Å²) in [6.07, 6.45) is 0. The zero-order valence-electron chi connectivity index (χ0n) is 40.7. The van der Waals surface area contributed by atoms with E-state index >= 15 is 0 Å². The zero-order chi connectivity index (χ0) is 49.0. The van der Waals surface area contributed by atoms with Crippen molar-refractivity contribution in [1.82, 2.24) is 0 Å². The number of benzene rings is 14. The molecule has 344 valence electrons. The van der Waals surface area contributed by atoms with Crippen LogP contribution in [0.15, 0.2) is 291 Å². The summed E-state index contributed by atoms with van der Waals surface area (Å²) in [5.41, 5.74) is 19.0. The second-order valence-electron chi connectivity index (χ2n) is 19.7. The second-order valence-corrected chi connectivity index (χ2v) is 19.7. The largest absolute Gasteiger partial charge is 0.0616 e. The average molecular weight is 937 g/mol. The molecule has 0 unspecified atom stereocenters. The molecule has 0 saturated heterocycles. The molecule has 0 heteroatoms. The van der Waals surface area contributed by atoms with Crippen molar-refractivity contribution in [3.63, 3.8) is 0 Å².